The number of aryl methyl sites for hydroxylation is 1. The molecule has 2 fully saturated rings. The van der Waals surface area contributed by atoms with Crippen molar-refractivity contribution in [3.63, 3.8) is 0 Å². The van der Waals surface area contributed by atoms with Gasteiger partial charge >= 0.3 is 0 Å². The van der Waals surface area contributed by atoms with Crippen LogP contribution in [0.4, 0.5) is 11.4 Å². The lowest BCUT2D eigenvalue weighted by atomic mass is 9.83. The fourth-order valence-electron chi connectivity index (χ4n) is 4.49. The summed E-state index contributed by atoms with van der Waals surface area (Å²) in [7, 11) is 0. The average molecular weight is 429 g/mol. The van der Waals surface area contributed by atoms with Gasteiger partial charge in [0.1, 0.15) is 5.84 Å². The van der Waals surface area contributed by atoms with Gasteiger partial charge in [-0.2, -0.15) is 0 Å². The Labute approximate surface area is 182 Å². The zero-order valence-electron chi connectivity index (χ0n) is 16.6. The van der Waals surface area contributed by atoms with E-state index in [-0.39, 0.29) is 5.54 Å². The highest BCUT2D eigenvalue weighted by atomic mass is 35.5. The molecule has 0 unspecified atom stereocenters. The molecule has 0 atom stereocenters. The molecule has 0 aromatic heterocycles. The fraction of sp³-hybridized carbons (Fsp3) is 0.435. The number of anilines is 2. The molecular formula is C23H26Cl2N4. The van der Waals surface area contributed by atoms with Crippen molar-refractivity contribution in [2.45, 2.75) is 50.7 Å². The molecular weight excluding hydrogens is 403 g/mol. The minimum Gasteiger partial charge on any atom is -0.371 e. The van der Waals surface area contributed by atoms with Crippen LogP contribution in [0.3, 0.4) is 0 Å². The predicted octanol–water partition coefficient (Wildman–Crippen LogP) is 5.42. The summed E-state index contributed by atoms with van der Waals surface area (Å²) in [5, 5.41) is 8.52. The smallest absolute Gasteiger partial charge is 0.130 e. The monoisotopic (exact) mass is 428 g/mol. The molecule has 3 aliphatic rings. The number of halogens is 2. The number of nitrogens with zero attached hydrogens (tertiary/aromatic N) is 2. The van der Waals surface area contributed by atoms with E-state index in [4.69, 9.17) is 28.2 Å². The minimum absolute atomic E-state index is 0.164. The number of benzene rings is 2. The SMILES string of the molecule is Cc1ccc(CN=C2N(C3CC3)c3cc(Cl)c(Cl)cc3NC23CCNCC3)cc1. The Kier molecular flexibility index (Phi) is 4.97. The maximum Gasteiger partial charge on any atom is 0.130 e. The first-order valence-electron chi connectivity index (χ1n) is 10.4. The third kappa shape index (κ3) is 3.63. The number of rotatable bonds is 3. The molecule has 1 aliphatic carbocycles. The van der Waals surface area contributed by atoms with E-state index in [1.54, 1.807) is 0 Å². The van der Waals surface area contributed by atoms with Crippen molar-refractivity contribution in [3.8, 4) is 0 Å². The first kappa shape index (κ1) is 19.2. The summed E-state index contributed by atoms with van der Waals surface area (Å²) in [4.78, 5) is 7.68. The van der Waals surface area contributed by atoms with Crippen LogP contribution >= 0.6 is 23.2 Å². The highest BCUT2D eigenvalue weighted by Crippen LogP contribution is 2.47. The summed E-state index contributed by atoms with van der Waals surface area (Å²) >= 11 is 12.8. The maximum absolute atomic E-state index is 6.41. The Morgan fingerprint density at radius 2 is 1.76 bits per heavy atom. The Morgan fingerprint density at radius 3 is 2.45 bits per heavy atom. The molecule has 0 radical (unpaired) electrons. The fourth-order valence-corrected chi connectivity index (χ4v) is 4.81. The van der Waals surface area contributed by atoms with Gasteiger partial charge < -0.3 is 15.5 Å². The molecule has 1 spiro atoms. The van der Waals surface area contributed by atoms with Gasteiger partial charge in [0.2, 0.25) is 0 Å². The van der Waals surface area contributed by atoms with Crippen molar-refractivity contribution < 1.29 is 0 Å². The standard InChI is InChI=1S/C23H26Cl2N4/c1-15-2-4-16(5-3-15)14-27-22-23(8-10-26-11-9-23)28-20-12-18(24)19(25)13-21(20)29(22)17-6-7-17/h2-5,12-13,17,26,28H,6-11,14H2,1H3. The summed E-state index contributed by atoms with van der Waals surface area (Å²) in [5.41, 5.74) is 4.53. The second-order valence-electron chi connectivity index (χ2n) is 8.47. The highest BCUT2D eigenvalue weighted by Gasteiger charge is 2.48. The average Bonchev–Trinajstić information content (AvgIpc) is 3.55. The van der Waals surface area contributed by atoms with Crippen molar-refractivity contribution in [1.82, 2.24) is 5.32 Å². The molecule has 2 aromatic rings. The number of amidine groups is 1. The second-order valence-corrected chi connectivity index (χ2v) is 9.28. The van der Waals surface area contributed by atoms with Crippen molar-refractivity contribution in [3.05, 3.63) is 57.6 Å². The van der Waals surface area contributed by atoms with Crippen molar-refractivity contribution in [1.29, 1.82) is 0 Å². The molecule has 0 bridgehead atoms. The number of hydrogen-bond donors (Lipinski definition) is 2. The van der Waals surface area contributed by atoms with E-state index in [9.17, 15) is 0 Å². The number of aliphatic imine (C=N–C) groups is 1. The normalized spacial score (nSPS) is 21.9. The Morgan fingerprint density at radius 1 is 1.07 bits per heavy atom. The van der Waals surface area contributed by atoms with Gasteiger partial charge in [0.05, 0.1) is 33.5 Å². The summed E-state index contributed by atoms with van der Waals surface area (Å²) in [6, 6.07) is 13.1. The van der Waals surface area contributed by atoms with Crippen LogP contribution in [-0.2, 0) is 6.54 Å². The van der Waals surface area contributed by atoms with E-state index in [1.165, 1.54) is 24.0 Å². The zero-order chi connectivity index (χ0) is 20.0. The maximum atomic E-state index is 6.41. The molecule has 5 rings (SSSR count). The van der Waals surface area contributed by atoms with Crippen molar-refractivity contribution >= 4 is 40.4 Å². The van der Waals surface area contributed by atoms with Crippen LogP contribution in [0, 0.1) is 6.92 Å². The van der Waals surface area contributed by atoms with Crippen LogP contribution in [0.15, 0.2) is 41.4 Å². The molecule has 1 saturated carbocycles. The molecule has 2 aliphatic heterocycles. The van der Waals surface area contributed by atoms with E-state index in [2.05, 4.69) is 46.7 Å². The summed E-state index contributed by atoms with van der Waals surface area (Å²) < 4.78 is 0. The molecule has 2 aromatic carbocycles. The van der Waals surface area contributed by atoms with Gasteiger partial charge in [0.15, 0.2) is 0 Å². The zero-order valence-corrected chi connectivity index (χ0v) is 18.2. The Hall–Kier alpha value is -1.75. The minimum atomic E-state index is -0.164. The molecule has 1 saturated heterocycles. The van der Waals surface area contributed by atoms with Crippen molar-refractivity contribution in [2.24, 2.45) is 4.99 Å². The van der Waals surface area contributed by atoms with E-state index < -0.39 is 0 Å². The van der Waals surface area contributed by atoms with E-state index in [0.717, 1.165) is 43.1 Å². The Balaban J connectivity index is 1.60. The largest absolute Gasteiger partial charge is 0.371 e. The van der Waals surface area contributed by atoms with Crippen LogP contribution < -0.4 is 15.5 Å². The van der Waals surface area contributed by atoms with Crippen LogP contribution in [0.2, 0.25) is 10.0 Å². The number of nitrogens with one attached hydrogen (secondary N) is 2. The first-order chi connectivity index (χ1) is 14.1. The number of hydrogen-bond acceptors (Lipinski definition) is 3. The van der Waals surface area contributed by atoms with Gasteiger partial charge in [0.25, 0.3) is 0 Å². The van der Waals surface area contributed by atoms with Gasteiger partial charge in [0, 0.05) is 6.04 Å². The lowest BCUT2D eigenvalue weighted by Crippen LogP contribution is -2.62. The third-order valence-corrected chi connectivity index (χ3v) is 6.95. The van der Waals surface area contributed by atoms with E-state index in [1.807, 2.05) is 12.1 Å². The topological polar surface area (TPSA) is 39.7 Å². The number of fused-ring (bicyclic) bond motifs is 1. The predicted molar refractivity (Wildman–Crippen MR) is 123 cm³/mol. The van der Waals surface area contributed by atoms with Gasteiger partial charge in [-0.1, -0.05) is 53.0 Å². The Bertz CT molecular complexity index is 944. The molecule has 2 N–H and O–H groups in total. The molecule has 2 heterocycles. The summed E-state index contributed by atoms with van der Waals surface area (Å²) in [6.45, 7) is 4.76. The lowest BCUT2D eigenvalue weighted by molar-refractivity contribution is 0.414. The summed E-state index contributed by atoms with van der Waals surface area (Å²) in [5.74, 6) is 1.16. The van der Waals surface area contributed by atoms with E-state index in [0.29, 0.717) is 22.6 Å². The van der Waals surface area contributed by atoms with Gasteiger partial charge in [-0.25, -0.2) is 0 Å². The molecule has 0 amide bonds. The molecule has 6 heteroatoms. The van der Waals surface area contributed by atoms with Gasteiger partial charge in [-0.3, -0.25) is 4.99 Å². The molecule has 4 nitrogen and oxygen atoms in total. The van der Waals surface area contributed by atoms with Crippen LogP contribution in [-0.4, -0.2) is 30.5 Å². The van der Waals surface area contributed by atoms with E-state index >= 15 is 0 Å². The lowest BCUT2D eigenvalue weighted by Gasteiger charge is -2.49. The summed E-state index contributed by atoms with van der Waals surface area (Å²) in [6.07, 6.45) is 4.39. The first-order valence-corrected chi connectivity index (χ1v) is 11.2. The van der Waals surface area contributed by atoms with Crippen LogP contribution in [0.1, 0.15) is 36.8 Å². The third-order valence-electron chi connectivity index (χ3n) is 6.23. The second kappa shape index (κ2) is 7.50. The molecule has 152 valence electrons. The van der Waals surface area contributed by atoms with Crippen LogP contribution in [0.25, 0.3) is 0 Å². The number of piperidine rings is 1. The quantitative estimate of drug-likeness (QED) is 0.685. The van der Waals surface area contributed by atoms with Gasteiger partial charge in [-0.15, -0.1) is 0 Å². The van der Waals surface area contributed by atoms with Gasteiger partial charge in [-0.05, 0) is 63.4 Å². The van der Waals surface area contributed by atoms with Crippen LogP contribution in [0.5, 0.6) is 0 Å². The van der Waals surface area contributed by atoms with Crippen molar-refractivity contribution in [2.75, 3.05) is 23.3 Å². The molecule has 29 heavy (non-hydrogen) atoms. The highest BCUT2D eigenvalue weighted by molar-refractivity contribution is 6.42.